The number of ether oxygens (including phenoxy) is 1. The van der Waals surface area contributed by atoms with Gasteiger partial charge in [-0.15, -0.1) is 0 Å². The lowest BCUT2D eigenvalue weighted by atomic mass is 10.2. The van der Waals surface area contributed by atoms with Gasteiger partial charge >= 0.3 is 0 Å². The zero-order chi connectivity index (χ0) is 9.80. The summed E-state index contributed by atoms with van der Waals surface area (Å²) in [6, 6.07) is 3.93. The van der Waals surface area contributed by atoms with Crippen LogP contribution in [-0.2, 0) is 16.0 Å². The largest absolute Gasteiger partial charge is 0.377 e. The first-order chi connectivity index (χ1) is 6.84. The van der Waals surface area contributed by atoms with Crippen molar-refractivity contribution in [3.63, 3.8) is 0 Å². The third kappa shape index (κ3) is 2.29. The molecule has 1 amide bonds. The fraction of sp³-hybridized carbons (Fsp3) is 0.400. The summed E-state index contributed by atoms with van der Waals surface area (Å²) in [5, 5.41) is 2.87. The van der Waals surface area contributed by atoms with Crippen molar-refractivity contribution in [1.29, 1.82) is 0 Å². The van der Waals surface area contributed by atoms with E-state index >= 15 is 0 Å². The van der Waals surface area contributed by atoms with Gasteiger partial charge < -0.3 is 10.1 Å². The molecule has 0 radical (unpaired) electrons. The Morgan fingerprint density at radius 3 is 3.07 bits per heavy atom. The highest BCUT2D eigenvalue weighted by Gasteiger charge is 2.19. The number of nitrogens with one attached hydrogen (secondary N) is 1. The summed E-state index contributed by atoms with van der Waals surface area (Å²) in [5.41, 5.74) is 0.935. The monoisotopic (exact) mass is 192 g/mol. The summed E-state index contributed by atoms with van der Waals surface area (Å²) in [6.45, 7) is 1.28. The Hall–Kier alpha value is -1.42. The molecule has 0 unspecified atom stereocenters. The number of carbonyl (C=O) groups excluding carboxylic acids is 1. The van der Waals surface area contributed by atoms with Crippen LogP contribution in [0.4, 0.5) is 0 Å². The summed E-state index contributed by atoms with van der Waals surface area (Å²) in [6.07, 6.45) is 3.79. The Balaban J connectivity index is 1.82. The topological polar surface area (TPSA) is 51.2 Å². The van der Waals surface area contributed by atoms with Crippen LogP contribution in [0.1, 0.15) is 5.56 Å². The molecule has 0 saturated carbocycles. The minimum atomic E-state index is 0.0336. The van der Waals surface area contributed by atoms with Gasteiger partial charge in [-0.05, 0) is 11.6 Å². The van der Waals surface area contributed by atoms with Gasteiger partial charge in [0.2, 0.25) is 5.91 Å². The molecule has 2 heterocycles. The number of rotatable bonds is 3. The molecule has 0 spiro atoms. The summed E-state index contributed by atoms with van der Waals surface area (Å²) in [4.78, 5) is 15.4. The molecule has 0 aliphatic carbocycles. The lowest BCUT2D eigenvalue weighted by molar-refractivity contribution is -0.124. The molecule has 4 nitrogen and oxygen atoms in total. The minimum Gasteiger partial charge on any atom is -0.377 e. The van der Waals surface area contributed by atoms with Gasteiger partial charge in [0.1, 0.15) is 0 Å². The Bertz CT molecular complexity index is 309. The van der Waals surface area contributed by atoms with Crippen LogP contribution >= 0.6 is 0 Å². The van der Waals surface area contributed by atoms with E-state index in [2.05, 4.69) is 10.3 Å². The van der Waals surface area contributed by atoms with Crippen molar-refractivity contribution in [2.75, 3.05) is 13.2 Å². The highest BCUT2D eigenvalue weighted by Crippen LogP contribution is 2.01. The van der Waals surface area contributed by atoms with E-state index in [1.165, 1.54) is 0 Å². The van der Waals surface area contributed by atoms with E-state index in [9.17, 15) is 4.79 Å². The van der Waals surface area contributed by atoms with E-state index in [1.807, 2.05) is 12.1 Å². The summed E-state index contributed by atoms with van der Waals surface area (Å²) >= 11 is 0. The Kier molecular flexibility index (Phi) is 2.74. The van der Waals surface area contributed by atoms with E-state index < -0.39 is 0 Å². The fourth-order valence-electron chi connectivity index (χ4n) is 1.29. The Morgan fingerprint density at radius 1 is 1.64 bits per heavy atom. The molecule has 1 N–H and O–H groups in total. The molecular weight excluding hydrogens is 180 g/mol. The molecular formula is C10H12N2O2. The summed E-state index contributed by atoms with van der Waals surface area (Å²) in [7, 11) is 0. The molecule has 4 heteroatoms. The molecule has 0 aromatic carbocycles. The average molecular weight is 192 g/mol. The van der Waals surface area contributed by atoms with Gasteiger partial charge in [0.15, 0.2) is 0 Å². The van der Waals surface area contributed by atoms with Crippen molar-refractivity contribution < 1.29 is 9.53 Å². The minimum absolute atomic E-state index is 0.0336. The molecule has 74 valence electrons. The van der Waals surface area contributed by atoms with Crippen LogP contribution in [-0.4, -0.2) is 30.1 Å². The van der Waals surface area contributed by atoms with Crippen molar-refractivity contribution >= 4 is 5.91 Å². The van der Waals surface area contributed by atoms with Crippen LogP contribution in [0.2, 0.25) is 0 Å². The van der Waals surface area contributed by atoms with Gasteiger partial charge in [-0.3, -0.25) is 9.78 Å². The molecule has 1 aromatic rings. The molecule has 1 fully saturated rings. The van der Waals surface area contributed by atoms with Gasteiger partial charge in [0.25, 0.3) is 0 Å². The maximum absolute atomic E-state index is 11.4. The predicted molar refractivity (Wildman–Crippen MR) is 50.7 cm³/mol. The Labute approximate surface area is 82.3 Å². The first-order valence-electron chi connectivity index (χ1n) is 4.60. The van der Waals surface area contributed by atoms with Crippen LogP contribution in [0, 0.1) is 0 Å². The predicted octanol–water partition coefficient (Wildman–Crippen LogP) is 0.139. The number of hydrogen-bond donors (Lipinski definition) is 1. The van der Waals surface area contributed by atoms with Gasteiger partial charge in [0.05, 0.1) is 25.7 Å². The van der Waals surface area contributed by atoms with Crippen molar-refractivity contribution in [2.24, 2.45) is 0 Å². The highest BCUT2D eigenvalue weighted by molar-refractivity contribution is 5.78. The number of carbonyl (C=O) groups is 1. The third-order valence-electron chi connectivity index (χ3n) is 2.09. The Morgan fingerprint density at radius 2 is 2.50 bits per heavy atom. The molecule has 1 aromatic heterocycles. The van der Waals surface area contributed by atoms with Crippen LogP contribution in [0.5, 0.6) is 0 Å². The van der Waals surface area contributed by atoms with Gasteiger partial charge in [0, 0.05) is 12.4 Å². The number of hydrogen-bond acceptors (Lipinski definition) is 3. The molecule has 0 bridgehead atoms. The molecule has 0 atom stereocenters. The van der Waals surface area contributed by atoms with E-state index in [4.69, 9.17) is 4.74 Å². The first kappa shape index (κ1) is 9.15. The second kappa shape index (κ2) is 4.19. The maximum atomic E-state index is 11.4. The van der Waals surface area contributed by atoms with Gasteiger partial charge in [-0.2, -0.15) is 0 Å². The van der Waals surface area contributed by atoms with Crippen LogP contribution < -0.4 is 5.32 Å². The summed E-state index contributed by atoms with van der Waals surface area (Å²) < 4.78 is 4.96. The average Bonchev–Trinajstić information content (AvgIpc) is 2.13. The van der Waals surface area contributed by atoms with Crippen LogP contribution in [0.3, 0.4) is 0 Å². The number of aromatic nitrogens is 1. The van der Waals surface area contributed by atoms with Crippen molar-refractivity contribution in [3.05, 3.63) is 30.1 Å². The van der Waals surface area contributed by atoms with E-state index in [0.717, 1.165) is 5.56 Å². The van der Waals surface area contributed by atoms with E-state index in [0.29, 0.717) is 19.6 Å². The van der Waals surface area contributed by atoms with E-state index in [1.54, 1.807) is 12.4 Å². The smallest absolute Gasteiger partial charge is 0.224 e. The zero-order valence-electron chi connectivity index (χ0n) is 7.77. The van der Waals surface area contributed by atoms with Crippen molar-refractivity contribution in [2.45, 2.75) is 12.5 Å². The number of pyridine rings is 1. The second-order valence-electron chi connectivity index (χ2n) is 3.34. The first-order valence-corrected chi connectivity index (χ1v) is 4.60. The molecule has 1 aliphatic rings. The summed E-state index contributed by atoms with van der Waals surface area (Å²) in [5.74, 6) is 0.0336. The molecule has 1 saturated heterocycles. The standard InChI is InChI=1S/C10H12N2O2/c13-10(12-9-6-14-7-9)4-8-2-1-3-11-5-8/h1-3,5,9H,4,6-7H2,(H,12,13). The van der Waals surface area contributed by atoms with Crippen molar-refractivity contribution in [1.82, 2.24) is 10.3 Å². The number of amides is 1. The third-order valence-corrected chi connectivity index (χ3v) is 2.09. The SMILES string of the molecule is O=C(Cc1cccnc1)NC1COC1. The maximum Gasteiger partial charge on any atom is 0.224 e. The number of nitrogens with zero attached hydrogens (tertiary/aromatic N) is 1. The van der Waals surface area contributed by atoms with Gasteiger partial charge in [-0.1, -0.05) is 6.07 Å². The lowest BCUT2D eigenvalue weighted by Gasteiger charge is -2.26. The second-order valence-corrected chi connectivity index (χ2v) is 3.34. The molecule has 1 aliphatic heterocycles. The fourth-order valence-corrected chi connectivity index (χ4v) is 1.29. The van der Waals surface area contributed by atoms with Crippen LogP contribution in [0.15, 0.2) is 24.5 Å². The van der Waals surface area contributed by atoms with Crippen LogP contribution in [0.25, 0.3) is 0 Å². The lowest BCUT2D eigenvalue weighted by Crippen LogP contribution is -2.49. The van der Waals surface area contributed by atoms with Gasteiger partial charge in [-0.25, -0.2) is 0 Å². The quantitative estimate of drug-likeness (QED) is 0.741. The van der Waals surface area contributed by atoms with Crippen molar-refractivity contribution in [3.8, 4) is 0 Å². The highest BCUT2D eigenvalue weighted by atomic mass is 16.5. The molecule has 14 heavy (non-hydrogen) atoms. The molecule has 2 rings (SSSR count). The van der Waals surface area contributed by atoms with E-state index in [-0.39, 0.29) is 11.9 Å². The zero-order valence-corrected chi connectivity index (χ0v) is 7.77. The normalized spacial score (nSPS) is 16.0.